The van der Waals surface area contributed by atoms with Crippen LogP contribution in [0.4, 0.5) is 5.88 Å². The third-order valence-corrected chi connectivity index (χ3v) is 3.73. The first-order valence-corrected chi connectivity index (χ1v) is 7.89. The Bertz CT molecular complexity index is 659. The number of nitrogens with one attached hydrogen (secondary N) is 2. The minimum Gasteiger partial charge on any atom is -0.338 e. The van der Waals surface area contributed by atoms with Crippen LogP contribution >= 0.6 is 11.6 Å². The number of benzene rings is 1. The topological polar surface area (TPSA) is 67.2 Å². The summed E-state index contributed by atoms with van der Waals surface area (Å²) in [6.45, 7) is 8.27. The van der Waals surface area contributed by atoms with Crippen LogP contribution in [0.1, 0.15) is 45.0 Å². The molecule has 0 radical (unpaired) electrons. The van der Waals surface area contributed by atoms with E-state index in [1.165, 1.54) is 0 Å². The summed E-state index contributed by atoms with van der Waals surface area (Å²) in [4.78, 5) is 12.0. The Morgan fingerprint density at radius 3 is 2.52 bits per heavy atom. The smallest absolute Gasteiger partial charge is 0.240 e. The summed E-state index contributed by atoms with van der Waals surface area (Å²) in [6, 6.07) is 9.32. The molecule has 0 fully saturated rings. The number of aromatic nitrogens is 1. The maximum atomic E-state index is 12.0. The lowest BCUT2D eigenvalue weighted by molar-refractivity contribution is -0.115. The molecule has 0 spiro atoms. The highest BCUT2D eigenvalue weighted by Crippen LogP contribution is 2.23. The van der Waals surface area contributed by atoms with Crippen LogP contribution in [0.5, 0.6) is 0 Å². The van der Waals surface area contributed by atoms with Gasteiger partial charge in [-0.05, 0) is 24.6 Å². The minimum atomic E-state index is -0.178. The van der Waals surface area contributed by atoms with E-state index < -0.39 is 0 Å². The molecule has 1 heterocycles. The van der Waals surface area contributed by atoms with Crippen molar-refractivity contribution in [3.8, 4) is 0 Å². The van der Waals surface area contributed by atoms with Gasteiger partial charge in [-0.3, -0.25) is 10.1 Å². The van der Waals surface area contributed by atoms with Crippen molar-refractivity contribution in [2.45, 2.75) is 39.2 Å². The Morgan fingerprint density at radius 1 is 1.30 bits per heavy atom. The number of hydrogen-bond donors (Lipinski definition) is 2. The van der Waals surface area contributed by atoms with Crippen molar-refractivity contribution in [2.24, 2.45) is 0 Å². The van der Waals surface area contributed by atoms with Crippen LogP contribution in [-0.2, 0) is 10.2 Å². The number of amides is 1. The number of nitrogens with zero attached hydrogens (tertiary/aromatic N) is 1. The van der Waals surface area contributed by atoms with Crippen LogP contribution in [0.2, 0.25) is 5.02 Å². The van der Waals surface area contributed by atoms with Crippen LogP contribution in [0.25, 0.3) is 0 Å². The lowest BCUT2D eigenvalue weighted by atomic mass is 9.92. The van der Waals surface area contributed by atoms with E-state index >= 15 is 0 Å². The van der Waals surface area contributed by atoms with Gasteiger partial charge in [-0.25, -0.2) is 0 Å². The summed E-state index contributed by atoms with van der Waals surface area (Å²) in [5.41, 5.74) is 1.75. The maximum Gasteiger partial charge on any atom is 0.240 e. The van der Waals surface area contributed by atoms with Crippen LogP contribution < -0.4 is 10.6 Å². The summed E-state index contributed by atoms with van der Waals surface area (Å²) in [5.74, 6) is 0.184. The molecule has 2 N–H and O–H groups in total. The monoisotopic (exact) mass is 335 g/mol. The minimum absolute atomic E-state index is 0.0397. The third-order valence-electron chi connectivity index (χ3n) is 3.48. The molecule has 2 rings (SSSR count). The van der Waals surface area contributed by atoms with Gasteiger partial charge >= 0.3 is 0 Å². The van der Waals surface area contributed by atoms with E-state index in [-0.39, 0.29) is 23.9 Å². The molecule has 0 aliphatic carbocycles. The number of anilines is 1. The Balaban J connectivity index is 1.85. The normalized spacial score (nSPS) is 12.9. The Hall–Kier alpha value is -1.85. The van der Waals surface area contributed by atoms with E-state index in [2.05, 4.69) is 15.8 Å². The SMILES string of the molecule is C[C@H](NCC(=O)Nc1cc(C(C)(C)C)no1)c1ccc(Cl)cc1. The first kappa shape index (κ1) is 17.5. The van der Waals surface area contributed by atoms with E-state index in [9.17, 15) is 4.79 Å². The summed E-state index contributed by atoms with van der Waals surface area (Å²) in [5, 5.41) is 10.5. The Kier molecular flexibility index (Phi) is 5.44. The molecule has 0 aliphatic rings. The number of halogens is 1. The lowest BCUT2D eigenvalue weighted by Crippen LogP contribution is -2.30. The highest BCUT2D eigenvalue weighted by molar-refractivity contribution is 6.30. The third kappa shape index (κ3) is 5.08. The molecule has 1 amide bonds. The molecule has 0 unspecified atom stereocenters. The highest BCUT2D eigenvalue weighted by atomic mass is 35.5. The van der Waals surface area contributed by atoms with Gasteiger partial charge in [0.2, 0.25) is 11.8 Å². The fraction of sp³-hybridized carbons (Fsp3) is 0.412. The predicted octanol–water partition coefficient (Wildman–Crippen LogP) is 3.91. The van der Waals surface area contributed by atoms with Gasteiger partial charge in [0.05, 0.1) is 12.2 Å². The van der Waals surface area contributed by atoms with Crippen molar-refractivity contribution >= 4 is 23.4 Å². The van der Waals surface area contributed by atoms with Crippen molar-refractivity contribution in [2.75, 3.05) is 11.9 Å². The summed E-state index contributed by atoms with van der Waals surface area (Å²) < 4.78 is 5.14. The van der Waals surface area contributed by atoms with Crippen LogP contribution in [-0.4, -0.2) is 17.6 Å². The Labute approximate surface area is 141 Å². The van der Waals surface area contributed by atoms with Gasteiger partial charge in [0.15, 0.2) is 0 Å². The molecule has 0 bridgehead atoms. The van der Waals surface area contributed by atoms with Gasteiger partial charge < -0.3 is 9.84 Å². The summed E-state index contributed by atoms with van der Waals surface area (Å²) in [6.07, 6.45) is 0. The average Bonchev–Trinajstić information content (AvgIpc) is 2.94. The van der Waals surface area contributed by atoms with Gasteiger partial charge in [-0.2, -0.15) is 0 Å². The number of carbonyl (C=O) groups excluding carboxylic acids is 1. The molecular weight excluding hydrogens is 314 g/mol. The standard InChI is InChI=1S/C17H22ClN3O2/c1-11(12-5-7-13(18)8-6-12)19-10-15(22)20-16-9-14(21-23-16)17(2,3)4/h5-9,11,19H,10H2,1-4H3,(H,20,22)/t11-/m0/s1. The molecule has 0 saturated carbocycles. The predicted molar refractivity (Wildman–Crippen MR) is 91.7 cm³/mol. The molecule has 1 aromatic heterocycles. The fourth-order valence-electron chi connectivity index (χ4n) is 1.98. The number of carbonyl (C=O) groups is 1. The van der Waals surface area contributed by atoms with Crippen molar-refractivity contribution in [1.82, 2.24) is 10.5 Å². The van der Waals surface area contributed by atoms with Crippen molar-refractivity contribution in [3.05, 3.63) is 46.6 Å². The average molecular weight is 336 g/mol. The second kappa shape index (κ2) is 7.15. The zero-order valence-corrected chi connectivity index (χ0v) is 14.6. The van der Waals surface area contributed by atoms with E-state index in [4.69, 9.17) is 16.1 Å². The molecule has 23 heavy (non-hydrogen) atoms. The maximum absolute atomic E-state index is 12.0. The zero-order chi connectivity index (χ0) is 17.0. The van der Waals surface area contributed by atoms with Crippen molar-refractivity contribution < 1.29 is 9.32 Å². The summed E-state index contributed by atoms with van der Waals surface area (Å²) in [7, 11) is 0. The second-order valence-corrected chi connectivity index (χ2v) is 6.97. The molecule has 5 nitrogen and oxygen atoms in total. The molecule has 124 valence electrons. The number of hydrogen-bond acceptors (Lipinski definition) is 4. The molecule has 0 saturated heterocycles. The van der Waals surface area contributed by atoms with Gasteiger partial charge in [-0.15, -0.1) is 0 Å². The van der Waals surface area contributed by atoms with Crippen molar-refractivity contribution in [1.29, 1.82) is 0 Å². The van der Waals surface area contributed by atoms with E-state index in [1.807, 2.05) is 52.0 Å². The fourth-order valence-corrected chi connectivity index (χ4v) is 2.11. The quantitative estimate of drug-likeness (QED) is 0.869. The first-order chi connectivity index (χ1) is 10.8. The first-order valence-electron chi connectivity index (χ1n) is 7.51. The Morgan fingerprint density at radius 2 is 1.96 bits per heavy atom. The van der Waals surface area contributed by atoms with Gasteiger partial charge in [0, 0.05) is 22.5 Å². The molecular formula is C17H22ClN3O2. The summed E-state index contributed by atoms with van der Waals surface area (Å²) >= 11 is 5.87. The molecule has 1 aromatic carbocycles. The van der Waals surface area contributed by atoms with E-state index in [0.717, 1.165) is 11.3 Å². The zero-order valence-electron chi connectivity index (χ0n) is 13.8. The van der Waals surface area contributed by atoms with Crippen LogP contribution in [0, 0.1) is 0 Å². The molecule has 0 aliphatic heterocycles. The number of rotatable bonds is 5. The molecule has 2 aromatic rings. The van der Waals surface area contributed by atoms with Crippen LogP contribution in [0.3, 0.4) is 0 Å². The molecule has 1 atom stereocenters. The highest BCUT2D eigenvalue weighted by Gasteiger charge is 2.19. The van der Waals surface area contributed by atoms with Gasteiger partial charge in [0.1, 0.15) is 0 Å². The van der Waals surface area contributed by atoms with Crippen LogP contribution in [0.15, 0.2) is 34.9 Å². The second-order valence-electron chi connectivity index (χ2n) is 6.53. The largest absolute Gasteiger partial charge is 0.338 e. The van der Waals surface area contributed by atoms with Gasteiger partial charge in [-0.1, -0.05) is 49.7 Å². The van der Waals surface area contributed by atoms with E-state index in [0.29, 0.717) is 10.9 Å². The van der Waals surface area contributed by atoms with E-state index in [1.54, 1.807) is 6.07 Å². The molecule has 6 heteroatoms. The lowest BCUT2D eigenvalue weighted by Gasteiger charge is -2.13. The van der Waals surface area contributed by atoms with Gasteiger partial charge in [0.25, 0.3) is 0 Å². The van der Waals surface area contributed by atoms with Crippen molar-refractivity contribution in [3.63, 3.8) is 0 Å².